The number of esters is 1. The molecule has 1 amide bonds. The molecule has 0 unspecified atom stereocenters. The molecule has 0 radical (unpaired) electrons. The van der Waals surface area contributed by atoms with Crippen molar-refractivity contribution in [2.75, 3.05) is 12.4 Å². The summed E-state index contributed by atoms with van der Waals surface area (Å²) in [7, 11) is 1.21. The van der Waals surface area contributed by atoms with Crippen molar-refractivity contribution in [3.8, 4) is 0 Å². The molecule has 0 saturated carbocycles. The topological polar surface area (TPSA) is 98.5 Å². The number of nitro benzene ring substituents is 1. The molecule has 24 heavy (non-hydrogen) atoms. The first kappa shape index (κ1) is 17.9. The van der Waals surface area contributed by atoms with Gasteiger partial charge in [-0.25, -0.2) is 4.79 Å². The number of nitrogens with one attached hydrogen (secondary N) is 1. The molecule has 0 aliphatic heterocycles. The summed E-state index contributed by atoms with van der Waals surface area (Å²) in [5, 5.41) is 13.6. The van der Waals surface area contributed by atoms with Crippen LogP contribution in [0.15, 0.2) is 40.9 Å². The molecule has 0 aliphatic rings. The second kappa shape index (κ2) is 7.41. The van der Waals surface area contributed by atoms with Gasteiger partial charge < -0.3 is 10.1 Å². The third-order valence-electron chi connectivity index (χ3n) is 3.03. The van der Waals surface area contributed by atoms with Gasteiger partial charge in [0.2, 0.25) is 0 Å². The molecule has 0 bridgehead atoms. The average Bonchev–Trinajstić information content (AvgIpc) is 2.55. The lowest BCUT2D eigenvalue weighted by molar-refractivity contribution is -0.385. The minimum absolute atomic E-state index is 0.0961. The molecule has 0 fully saturated rings. The maximum atomic E-state index is 12.2. The van der Waals surface area contributed by atoms with Crippen molar-refractivity contribution >= 4 is 50.8 Å². The fourth-order valence-electron chi connectivity index (χ4n) is 1.87. The van der Waals surface area contributed by atoms with Crippen LogP contribution in [0.5, 0.6) is 0 Å². The molecule has 2 aromatic carbocycles. The van der Waals surface area contributed by atoms with Crippen LogP contribution in [0.2, 0.25) is 5.02 Å². The number of benzene rings is 2. The number of anilines is 1. The molecule has 0 aliphatic carbocycles. The second-order valence-electron chi connectivity index (χ2n) is 4.56. The fraction of sp³-hybridized carbons (Fsp3) is 0.0667. The molecular weight excluding hydrogens is 404 g/mol. The van der Waals surface area contributed by atoms with E-state index in [4.69, 9.17) is 11.6 Å². The van der Waals surface area contributed by atoms with Crippen LogP contribution in [0.1, 0.15) is 20.7 Å². The predicted octanol–water partition coefficient (Wildman–Crippen LogP) is 4.05. The summed E-state index contributed by atoms with van der Waals surface area (Å²) in [6.45, 7) is 0. The van der Waals surface area contributed by atoms with E-state index in [0.29, 0.717) is 5.69 Å². The number of carbonyl (C=O) groups excluding carboxylic acids is 2. The van der Waals surface area contributed by atoms with Crippen LogP contribution in [0.3, 0.4) is 0 Å². The lowest BCUT2D eigenvalue weighted by Crippen LogP contribution is -2.13. The summed E-state index contributed by atoms with van der Waals surface area (Å²) in [4.78, 5) is 34.2. The molecule has 2 rings (SSSR count). The maximum Gasteiger partial charge on any atom is 0.339 e. The third-order valence-corrected chi connectivity index (χ3v) is 4.03. The lowest BCUT2D eigenvalue weighted by Gasteiger charge is -2.08. The molecule has 7 nitrogen and oxygen atoms in total. The number of rotatable bonds is 4. The zero-order valence-electron chi connectivity index (χ0n) is 12.2. The Morgan fingerprint density at radius 1 is 1.25 bits per heavy atom. The van der Waals surface area contributed by atoms with E-state index < -0.39 is 16.8 Å². The van der Waals surface area contributed by atoms with E-state index in [9.17, 15) is 19.7 Å². The molecule has 0 aromatic heterocycles. The first-order valence-corrected chi connectivity index (χ1v) is 7.63. The summed E-state index contributed by atoms with van der Waals surface area (Å²) < 4.78 is 4.87. The van der Waals surface area contributed by atoms with Crippen LogP contribution in [-0.2, 0) is 4.74 Å². The van der Waals surface area contributed by atoms with Gasteiger partial charge in [-0.2, -0.15) is 0 Å². The molecule has 0 saturated heterocycles. The highest BCUT2D eigenvalue weighted by atomic mass is 79.9. The van der Waals surface area contributed by atoms with E-state index in [1.807, 2.05) is 0 Å². The monoisotopic (exact) mass is 412 g/mol. The Morgan fingerprint density at radius 2 is 1.96 bits per heavy atom. The van der Waals surface area contributed by atoms with Crippen LogP contribution in [0.25, 0.3) is 0 Å². The van der Waals surface area contributed by atoms with E-state index in [1.54, 1.807) is 0 Å². The van der Waals surface area contributed by atoms with Crippen molar-refractivity contribution in [3.63, 3.8) is 0 Å². The number of ether oxygens (including phenoxy) is 1. The number of halogens is 2. The van der Waals surface area contributed by atoms with Gasteiger partial charge in [0, 0.05) is 17.3 Å². The minimum atomic E-state index is -0.643. The third kappa shape index (κ3) is 3.90. The summed E-state index contributed by atoms with van der Waals surface area (Å²) in [6, 6.07) is 8.29. The standard InChI is InChI=1S/C15H10BrClN2O5/c1-24-15(21)10-7-9(3-5-12(10)17)18-14(20)8-2-4-11(16)13(6-8)19(22)23/h2-7H,1H3,(H,18,20). The molecular formula is C15H10BrClN2O5. The Bertz CT molecular complexity index is 841. The summed E-state index contributed by atoms with van der Waals surface area (Å²) >= 11 is 8.95. The predicted molar refractivity (Wildman–Crippen MR) is 91.5 cm³/mol. The summed E-state index contributed by atoms with van der Waals surface area (Å²) in [5.74, 6) is -1.21. The first-order valence-electron chi connectivity index (χ1n) is 6.46. The van der Waals surface area contributed by atoms with E-state index in [0.717, 1.165) is 6.07 Å². The molecule has 0 heterocycles. The van der Waals surface area contributed by atoms with Crippen molar-refractivity contribution in [3.05, 3.63) is 67.1 Å². The number of amides is 1. The number of nitro groups is 1. The van der Waals surface area contributed by atoms with Gasteiger partial charge in [-0.1, -0.05) is 11.6 Å². The van der Waals surface area contributed by atoms with Crippen LogP contribution in [0.4, 0.5) is 11.4 Å². The van der Waals surface area contributed by atoms with E-state index in [1.165, 1.54) is 37.4 Å². The van der Waals surface area contributed by atoms with Gasteiger partial charge in [-0.05, 0) is 46.3 Å². The van der Waals surface area contributed by atoms with Crippen molar-refractivity contribution < 1.29 is 19.2 Å². The highest BCUT2D eigenvalue weighted by Crippen LogP contribution is 2.26. The molecule has 2 aromatic rings. The number of carbonyl (C=O) groups is 2. The normalized spacial score (nSPS) is 10.1. The Morgan fingerprint density at radius 3 is 2.58 bits per heavy atom. The quantitative estimate of drug-likeness (QED) is 0.463. The Hall–Kier alpha value is -2.45. The van der Waals surface area contributed by atoms with Crippen molar-refractivity contribution in [1.29, 1.82) is 0 Å². The average molecular weight is 414 g/mol. The number of nitrogens with zero attached hydrogens (tertiary/aromatic N) is 1. The number of hydrogen-bond acceptors (Lipinski definition) is 5. The minimum Gasteiger partial charge on any atom is -0.465 e. The molecule has 0 spiro atoms. The lowest BCUT2D eigenvalue weighted by atomic mass is 10.1. The van der Waals surface area contributed by atoms with Gasteiger partial charge in [-0.15, -0.1) is 0 Å². The molecule has 124 valence electrons. The number of methoxy groups -OCH3 is 1. The summed E-state index contributed by atoms with van der Waals surface area (Å²) in [5.41, 5.74) is 0.266. The fourth-order valence-corrected chi connectivity index (χ4v) is 2.45. The number of hydrogen-bond donors (Lipinski definition) is 1. The van der Waals surface area contributed by atoms with E-state index >= 15 is 0 Å². The van der Waals surface area contributed by atoms with Gasteiger partial charge in [0.15, 0.2) is 0 Å². The first-order chi connectivity index (χ1) is 11.3. The summed E-state index contributed by atoms with van der Waals surface area (Å²) in [6.07, 6.45) is 0. The van der Waals surface area contributed by atoms with Crippen molar-refractivity contribution in [2.45, 2.75) is 0 Å². The smallest absolute Gasteiger partial charge is 0.339 e. The van der Waals surface area contributed by atoms with E-state index in [2.05, 4.69) is 26.0 Å². The van der Waals surface area contributed by atoms with Crippen LogP contribution < -0.4 is 5.32 Å². The van der Waals surface area contributed by atoms with E-state index in [-0.39, 0.29) is 26.3 Å². The Labute approximate surface area is 149 Å². The van der Waals surface area contributed by atoms with Crippen LogP contribution in [-0.4, -0.2) is 23.9 Å². The molecule has 9 heteroatoms. The largest absolute Gasteiger partial charge is 0.465 e. The van der Waals surface area contributed by atoms with Gasteiger partial charge in [0.25, 0.3) is 11.6 Å². The zero-order valence-corrected chi connectivity index (χ0v) is 14.6. The maximum absolute atomic E-state index is 12.2. The molecule has 0 atom stereocenters. The van der Waals surface area contributed by atoms with Gasteiger partial charge in [0.1, 0.15) is 0 Å². The highest BCUT2D eigenvalue weighted by Gasteiger charge is 2.17. The SMILES string of the molecule is COC(=O)c1cc(NC(=O)c2ccc(Br)c([N+](=O)[O-])c2)ccc1Cl. The van der Waals surface area contributed by atoms with Crippen LogP contribution >= 0.6 is 27.5 Å². The van der Waals surface area contributed by atoms with Gasteiger partial charge in [-0.3, -0.25) is 14.9 Å². The Balaban J connectivity index is 2.29. The van der Waals surface area contributed by atoms with Gasteiger partial charge >= 0.3 is 5.97 Å². The highest BCUT2D eigenvalue weighted by molar-refractivity contribution is 9.10. The van der Waals surface area contributed by atoms with Crippen molar-refractivity contribution in [2.24, 2.45) is 0 Å². The molecule has 1 N–H and O–H groups in total. The second-order valence-corrected chi connectivity index (χ2v) is 5.83. The Kier molecular flexibility index (Phi) is 5.53. The van der Waals surface area contributed by atoms with Gasteiger partial charge in [0.05, 0.1) is 27.1 Å². The van der Waals surface area contributed by atoms with Crippen molar-refractivity contribution in [1.82, 2.24) is 0 Å². The van der Waals surface area contributed by atoms with Crippen LogP contribution in [0, 0.1) is 10.1 Å². The zero-order chi connectivity index (χ0) is 17.9.